The quantitative estimate of drug-likeness (QED) is 0.782. The van der Waals surface area contributed by atoms with Crippen LogP contribution in [0.4, 0.5) is 5.69 Å². The van der Waals surface area contributed by atoms with Crippen LogP contribution in [0, 0.1) is 0 Å². The second kappa shape index (κ2) is 5.85. The number of carbonyl (C=O) groups excluding carboxylic acids is 1. The third-order valence-electron chi connectivity index (χ3n) is 3.64. The van der Waals surface area contributed by atoms with Crippen molar-refractivity contribution in [1.29, 1.82) is 0 Å². The zero-order valence-electron chi connectivity index (χ0n) is 11.7. The molecule has 21 heavy (non-hydrogen) atoms. The van der Waals surface area contributed by atoms with E-state index in [0.29, 0.717) is 10.2 Å². The fraction of sp³-hybridized carbons (Fsp3) is 0.250. The van der Waals surface area contributed by atoms with E-state index in [1.165, 1.54) is 0 Å². The van der Waals surface area contributed by atoms with Gasteiger partial charge in [-0.3, -0.25) is 4.79 Å². The Morgan fingerprint density at radius 2 is 2.24 bits per heavy atom. The molecule has 0 N–H and O–H groups in total. The maximum absolute atomic E-state index is 12.8. The van der Waals surface area contributed by atoms with E-state index in [2.05, 4.69) is 20.9 Å². The molecule has 0 bridgehead atoms. The first-order valence-electron chi connectivity index (χ1n) is 6.80. The Morgan fingerprint density at radius 1 is 1.38 bits per heavy atom. The first-order chi connectivity index (χ1) is 10.2. The number of hydrogen-bond acceptors (Lipinski definition) is 3. The average molecular weight is 347 g/mol. The molecule has 0 saturated carbocycles. The van der Waals surface area contributed by atoms with Crippen molar-refractivity contribution in [3.63, 3.8) is 0 Å². The van der Waals surface area contributed by atoms with Gasteiger partial charge >= 0.3 is 0 Å². The molecule has 108 valence electrons. The largest absolute Gasteiger partial charge is 0.497 e. The number of rotatable bonds is 2. The first kappa shape index (κ1) is 14.1. The zero-order chi connectivity index (χ0) is 14.8. The Hall–Kier alpha value is -1.88. The molecule has 0 radical (unpaired) electrons. The van der Waals surface area contributed by atoms with E-state index < -0.39 is 0 Å². The molecule has 1 aromatic heterocycles. The molecule has 0 saturated heterocycles. The molecule has 1 amide bonds. The number of pyridine rings is 1. The SMILES string of the molecule is COc1ccc2c(c1)CCCN2C(=O)c1cccnc1Br. The number of nitrogens with zero attached hydrogens (tertiary/aromatic N) is 2. The van der Waals surface area contributed by atoms with E-state index in [4.69, 9.17) is 4.74 Å². The summed E-state index contributed by atoms with van der Waals surface area (Å²) in [5.41, 5.74) is 2.69. The Labute approximate surface area is 131 Å². The molecule has 0 unspecified atom stereocenters. The molecule has 5 heteroatoms. The summed E-state index contributed by atoms with van der Waals surface area (Å²) in [6.07, 6.45) is 3.57. The van der Waals surface area contributed by atoms with Gasteiger partial charge in [-0.15, -0.1) is 0 Å². The number of benzene rings is 1. The monoisotopic (exact) mass is 346 g/mol. The van der Waals surface area contributed by atoms with Crippen LogP contribution in [-0.4, -0.2) is 24.5 Å². The van der Waals surface area contributed by atoms with E-state index in [-0.39, 0.29) is 5.91 Å². The van der Waals surface area contributed by atoms with Gasteiger partial charge in [-0.25, -0.2) is 4.98 Å². The summed E-state index contributed by atoms with van der Waals surface area (Å²) in [6.45, 7) is 0.722. The summed E-state index contributed by atoms with van der Waals surface area (Å²) < 4.78 is 5.84. The molecule has 0 aliphatic carbocycles. The molecule has 2 heterocycles. The van der Waals surface area contributed by atoms with Gasteiger partial charge in [0.1, 0.15) is 10.4 Å². The number of fused-ring (bicyclic) bond motifs is 1. The Kier molecular flexibility index (Phi) is 3.92. The van der Waals surface area contributed by atoms with Gasteiger partial charge in [0.15, 0.2) is 0 Å². The Morgan fingerprint density at radius 3 is 3.00 bits per heavy atom. The number of aromatic nitrogens is 1. The number of amides is 1. The van der Waals surface area contributed by atoms with Crippen LogP contribution in [0.3, 0.4) is 0 Å². The second-order valence-electron chi connectivity index (χ2n) is 4.90. The molecule has 3 rings (SSSR count). The molecule has 1 aliphatic heterocycles. The normalized spacial score (nSPS) is 13.7. The van der Waals surface area contributed by atoms with Crippen molar-refractivity contribution in [3.05, 3.63) is 52.3 Å². The van der Waals surface area contributed by atoms with Crippen LogP contribution >= 0.6 is 15.9 Å². The second-order valence-corrected chi connectivity index (χ2v) is 5.65. The first-order valence-corrected chi connectivity index (χ1v) is 7.59. The minimum Gasteiger partial charge on any atom is -0.497 e. The molecule has 0 spiro atoms. The van der Waals surface area contributed by atoms with Crippen LogP contribution in [0.5, 0.6) is 5.75 Å². The lowest BCUT2D eigenvalue weighted by molar-refractivity contribution is 0.0984. The third kappa shape index (κ3) is 2.65. The van der Waals surface area contributed by atoms with Gasteiger partial charge in [0.05, 0.1) is 12.7 Å². The van der Waals surface area contributed by atoms with Gasteiger partial charge in [-0.2, -0.15) is 0 Å². The average Bonchev–Trinajstić information content (AvgIpc) is 2.53. The van der Waals surface area contributed by atoms with Crippen molar-refractivity contribution in [2.24, 2.45) is 0 Å². The van der Waals surface area contributed by atoms with Crippen molar-refractivity contribution < 1.29 is 9.53 Å². The fourth-order valence-electron chi connectivity index (χ4n) is 2.60. The lowest BCUT2D eigenvalue weighted by Crippen LogP contribution is -2.35. The highest BCUT2D eigenvalue weighted by Gasteiger charge is 2.25. The van der Waals surface area contributed by atoms with Crippen LogP contribution in [0.1, 0.15) is 22.3 Å². The van der Waals surface area contributed by atoms with Crippen molar-refractivity contribution in [1.82, 2.24) is 4.98 Å². The smallest absolute Gasteiger partial charge is 0.261 e. The molecule has 1 aliphatic rings. The summed E-state index contributed by atoms with van der Waals surface area (Å²) in [5, 5.41) is 0. The van der Waals surface area contributed by atoms with Gasteiger partial charge in [-0.05, 0) is 64.7 Å². The molecule has 0 fully saturated rings. The predicted octanol–water partition coefficient (Wildman–Crippen LogP) is 3.45. The lowest BCUT2D eigenvalue weighted by atomic mass is 10.0. The highest BCUT2D eigenvalue weighted by Crippen LogP contribution is 2.32. The number of methoxy groups -OCH3 is 1. The van der Waals surface area contributed by atoms with Crippen molar-refractivity contribution >= 4 is 27.5 Å². The molecule has 1 aromatic carbocycles. The van der Waals surface area contributed by atoms with Gasteiger partial charge in [0.2, 0.25) is 0 Å². The highest BCUT2D eigenvalue weighted by molar-refractivity contribution is 9.10. The number of halogens is 1. The van der Waals surface area contributed by atoms with Crippen LogP contribution in [0.2, 0.25) is 0 Å². The predicted molar refractivity (Wildman–Crippen MR) is 84.9 cm³/mol. The van der Waals surface area contributed by atoms with Crippen molar-refractivity contribution in [2.75, 3.05) is 18.6 Å². The summed E-state index contributed by atoms with van der Waals surface area (Å²) in [6, 6.07) is 9.42. The summed E-state index contributed by atoms with van der Waals surface area (Å²) in [4.78, 5) is 18.7. The van der Waals surface area contributed by atoms with E-state index in [1.54, 1.807) is 25.4 Å². The van der Waals surface area contributed by atoms with Gasteiger partial charge in [-0.1, -0.05) is 0 Å². The third-order valence-corrected chi connectivity index (χ3v) is 4.27. The summed E-state index contributed by atoms with van der Waals surface area (Å²) in [7, 11) is 1.65. The number of carbonyl (C=O) groups is 1. The van der Waals surface area contributed by atoms with Crippen LogP contribution < -0.4 is 9.64 Å². The maximum Gasteiger partial charge on any atom is 0.261 e. The van der Waals surface area contributed by atoms with Crippen LogP contribution in [0.15, 0.2) is 41.1 Å². The van der Waals surface area contributed by atoms with Gasteiger partial charge in [0, 0.05) is 18.4 Å². The molecule has 0 atom stereocenters. The van der Waals surface area contributed by atoms with E-state index >= 15 is 0 Å². The molecular formula is C16H15BrN2O2. The summed E-state index contributed by atoms with van der Waals surface area (Å²) >= 11 is 3.35. The van der Waals surface area contributed by atoms with Gasteiger partial charge in [0.25, 0.3) is 5.91 Å². The molecule has 2 aromatic rings. The molecule has 4 nitrogen and oxygen atoms in total. The number of ether oxygens (including phenoxy) is 1. The zero-order valence-corrected chi connectivity index (χ0v) is 13.3. The maximum atomic E-state index is 12.8. The minimum atomic E-state index is -0.0268. The highest BCUT2D eigenvalue weighted by atomic mass is 79.9. The Bertz CT molecular complexity index is 688. The van der Waals surface area contributed by atoms with E-state index in [0.717, 1.165) is 36.4 Å². The molecular weight excluding hydrogens is 332 g/mol. The van der Waals surface area contributed by atoms with E-state index in [9.17, 15) is 4.79 Å². The van der Waals surface area contributed by atoms with E-state index in [1.807, 2.05) is 23.1 Å². The topological polar surface area (TPSA) is 42.4 Å². The minimum absolute atomic E-state index is 0.0268. The van der Waals surface area contributed by atoms with Gasteiger partial charge < -0.3 is 9.64 Å². The lowest BCUT2D eigenvalue weighted by Gasteiger charge is -2.30. The van der Waals surface area contributed by atoms with Crippen LogP contribution in [-0.2, 0) is 6.42 Å². The number of aryl methyl sites for hydroxylation is 1. The fourth-order valence-corrected chi connectivity index (χ4v) is 3.02. The standard InChI is InChI=1S/C16H15BrN2O2/c1-21-12-6-7-14-11(10-12)4-3-9-19(14)16(20)13-5-2-8-18-15(13)17/h2,5-8,10H,3-4,9H2,1H3. The number of anilines is 1. The van der Waals surface area contributed by atoms with Crippen molar-refractivity contribution in [3.8, 4) is 5.75 Å². The summed E-state index contributed by atoms with van der Waals surface area (Å²) in [5.74, 6) is 0.798. The van der Waals surface area contributed by atoms with Crippen molar-refractivity contribution in [2.45, 2.75) is 12.8 Å². The Balaban J connectivity index is 1.99. The number of hydrogen-bond donors (Lipinski definition) is 0. The van der Waals surface area contributed by atoms with Crippen LogP contribution in [0.25, 0.3) is 0 Å².